The number of hydrogen-bond acceptors (Lipinski definition) is 5. The Morgan fingerprint density at radius 3 is 2.82 bits per heavy atom. The average molecular weight is 368 g/mol. The van der Waals surface area contributed by atoms with Gasteiger partial charge < -0.3 is 14.0 Å². The molecule has 1 aliphatic rings. The van der Waals surface area contributed by atoms with Gasteiger partial charge in [0.2, 0.25) is 0 Å². The second kappa shape index (κ2) is 5.62. The summed E-state index contributed by atoms with van der Waals surface area (Å²) in [4.78, 5) is 20.0. The molecule has 0 unspecified atom stereocenters. The third kappa shape index (κ3) is 2.42. The van der Waals surface area contributed by atoms with Crippen LogP contribution in [-0.2, 0) is 14.3 Å². The van der Waals surface area contributed by atoms with Crippen LogP contribution in [0.2, 0.25) is 0 Å². The Kier molecular flexibility index (Phi) is 3.94. The van der Waals surface area contributed by atoms with Crippen LogP contribution in [0.25, 0.3) is 11.0 Å². The monoisotopic (exact) mass is 367 g/mol. The van der Waals surface area contributed by atoms with Crippen molar-refractivity contribution in [2.75, 3.05) is 0 Å². The number of ether oxygens (including phenoxy) is 2. The zero-order chi connectivity index (χ0) is 16.0. The highest BCUT2D eigenvalue weighted by Gasteiger charge is 2.43. The lowest BCUT2D eigenvalue weighted by molar-refractivity contribution is -0.153. The van der Waals surface area contributed by atoms with Gasteiger partial charge in [0, 0.05) is 23.5 Å². The summed E-state index contributed by atoms with van der Waals surface area (Å²) in [5.74, 6) is -0.200. The summed E-state index contributed by atoms with van der Waals surface area (Å²) in [5.41, 5.74) is 1.65. The van der Waals surface area contributed by atoms with E-state index in [1.165, 1.54) is 13.3 Å². The maximum atomic E-state index is 11.4. The smallest absolute Gasteiger partial charge is 0.303 e. The zero-order valence-electron chi connectivity index (χ0n) is 12.9. The van der Waals surface area contributed by atoms with Gasteiger partial charge in [-0.05, 0) is 29.8 Å². The van der Waals surface area contributed by atoms with Gasteiger partial charge in [0.25, 0.3) is 0 Å². The number of esters is 1. The molecule has 2 aromatic heterocycles. The molecule has 3 rings (SSSR count). The Hall–Kier alpha value is -1.47. The van der Waals surface area contributed by atoms with Crippen molar-refractivity contribution in [1.29, 1.82) is 0 Å². The van der Waals surface area contributed by atoms with E-state index < -0.39 is 6.23 Å². The van der Waals surface area contributed by atoms with Crippen molar-refractivity contribution in [3.63, 3.8) is 0 Å². The Morgan fingerprint density at radius 1 is 1.41 bits per heavy atom. The molecule has 118 valence electrons. The third-order valence-corrected chi connectivity index (χ3v) is 4.82. The maximum absolute atomic E-state index is 11.4. The highest BCUT2D eigenvalue weighted by atomic mass is 79.9. The van der Waals surface area contributed by atoms with Crippen LogP contribution in [0.15, 0.2) is 17.0 Å². The molecule has 0 saturated carbocycles. The normalized spacial score (nSPS) is 28.2. The molecule has 2 aromatic rings. The molecule has 1 saturated heterocycles. The lowest BCUT2D eigenvalue weighted by Gasteiger charge is -2.22. The van der Waals surface area contributed by atoms with Crippen LogP contribution in [0.5, 0.6) is 0 Å². The van der Waals surface area contributed by atoms with Crippen LogP contribution in [0, 0.1) is 12.8 Å². The van der Waals surface area contributed by atoms with Gasteiger partial charge in [-0.2, -0.15) is 0 Å². The van der Waals surface area contributed by atoms with Crippen molar-refractivity contribution in [2.24, 2.45) is 5.92 Å². The number of nitrogens with zero attached hydrogens (tertiary/aromatic N) is 3. The Morgan fingerprint density at radius 2 is 2.14 bits per heavy atom. The summed E-state index contributed by atoms with van der Waals surface area (Å²) in [6.07, 6.45) is 2.71. The molecule has 0 amide bonds. The van der Waals surface area contributed by atoms with Crippen LogP contribution in [0.3, 0.4) is 0 Å². The van der Waals surface area contributed by atoms with E-state index in [4.69, 9.17) is 9.47 Å². The van der Waals surface area contributed by atoms with E-state index in [1.807, 2.05) is 31.5 Å². The van der Waals surface area contributed by atoms with E-state index >= 15 is 0 Å². The average Bonchev–Trinajstić information content (AvgIpc) is 2.92. The second-order valence-corrected chi connectivity index (χ2v) is 6.56. The molecule has 6 nitrogen and oxygen atoms in total. The molecule has 0 aromatic carbocycles. The molecule has 0 aliphatic carbocycles. The van der Waals surface area contributed by atoms with E-state index in [0.29, 0.717) is 0 Å². The maximum Gasteiger partial charge on any atom is 0.303 e. The van der Waals surface area contributed by atoms with Crippen molar-refractivity contribution in [3.8, 4) is 0 Å². The van der Waals surface area contributed by atoms with Crippen LogP contribution >= 0.6 is 15.9 Å². The second-order valence-electron chi connectivity index (χ2n) is 5.71. The third-order valence-electron chi connectivity index (χ3n) is 4.22. The van der Waals surface area contributed by atoms with Crippen LogP contribution in [0.4, 0.5) is 0 Å². The van der Waals surface area contributed by atoms with E-state index in [-0.39, 0.29) is 24.1 Å². The van der Waals surface area contributed by atoms with Gasteiger partial charge in [-0.15, -0.1) is 0 Å². The molecule has 0 N–H and O–H groups in total. The fourth-order valence-electron chi connectivity index (χ4n) is 2.91. The molecule has 7 heteroatoms. The summed E-state index contributed by atoms with van der Waals surface area (Å²) in [7, 11) is 0. The van der Waals surface area contributed by atoms with E-state index in [1.54, 1.807) is 0 Å². The fourth-order valence-corrected chi connectivity index (χ4v) is 3.59. The first-order valence-electron chi connectivity index (χ1n) is 7.20. The number of fused-ring (bicyclic) bond motifs is 1. The van der Waals surface area contributed by atoms with Crippen molar-refractivity contribution in [2.45, 2.75) is 46.1 Å². The molecule has 4 atom stereocenters. The topological polar surface area (TPSA) is 66.2 Å². The molecule has 1 fully saturated rings. The Bertz CT molecular complexity index is 730. The van der Waals surface area contributed by atoms with Gasteiger partial charge in [-0.25, -0.2) is 9.97 Å². The molecule has 22 heavy (non-hydrogen) atoms. The number of carbonyl (C=O) groups excluding carboxylic acids is 1. The predicted molar refractivity (Wildman–Crippen MR) is 84.3 cm³/mol. The molecule has 0 bridgehead atoms. The van der Waals surface area contributed by atoms with E-state index in [2.05, 4.69) is 25.9 Å². The minimum absolute atomic E-state index is 0.00601. The van der Waals surface area contributed by atoms with Gasteiger partial charge in [0.05, 0.1) is 17.2 Å². The van der Waals surface area contributed by atoms with Crippen LogP contribution in [-0.4, -0.2) is 32.7 Å². The van der Waals surface area contributed by atoms with Crippen molar-refractivity contribution in [1.82, 2.24) is 14.5 Å². The molecule has 0 spiro atoms. The van der Waals surface area contributed by atoms with Crippen molar-refractivity contribution >= 4 is 32.9 Å². The highest BCUT2D eigenvalue weighted by molar-refractivity contribution is 9.10. The first-order valence-corrected chi connectivity index (χ1v) is 7.99. The lowest BCUT2D eigenvalue weighted by Crippen LogP contribution is -2.29. The van der Waals surface area contributed by atoms with Gasteiger partial charge >= 0.3 is 5.97 Å². The summed E-state index contributed by atoms with van der Waals surface area (Å²) < 4.78 is 14.4. The van der Waals surface area contributed by atoms with Crippen molar-refractivity contribution in [3.05, 3.63) is 22.7 Å². The summed E-state index contributed by atoms with van der Waals surface area (Å²) in [6, 6.07) is 0. The standard InChI is InChI=1S/C15H18BrN3O3/c1-7-9(3)21-15(13(7)22-10(4)20)19-5-11(16)12-8(2)17-6-18-14(12)19/h5-7,9,13,15H,1-4H3/t7-,9-,13-,15-/m1/s1. The largest absolute Gasteiger partial charge is 0.457 e. The fraction of sp³-hybridized carbons (Fsp3) is 0.533. The quantitative estimate of drug-likeness (QED) is 0.763. The molecular formula is C15H18BrN3O3. The Balaban J connectivity index is 2.10. The number of halogens is 1. The number of rotatable bonds is 2. The summed E-state index contributed by atoms with van der Waals surface area (Å²) >= 11 is 3.55. The molecule has 0 radical (unpaired) electrons. The number of aromatic nitrogens is 3. The van der Waals surface area contributed by atoms with Gasteiger partial charge in [0.15, 0.2) is 12.3 Å². The molecular weight excluding hydrogens is 350 g/mol. The van der Waals surface area contributed by atoms with E-state index in [9.17, 15) is 4.79 Å². The number of aryl methyl sites for hydroxylation is 1. The van der Waals surface area contributed by atoms with E-state index in [0.717, 1.165) is 21.2 Å². The van der Waals surface area contributed by atoms with Gasteiger partial charge in [-0.3, -0.25) is 4.79 Å². The Labute approximate surface area is 137 Å². The summed E-state index contributed by atoms with van der Waals surface area (Å²) in [6.45, 7) is 7.37. The van der Waals surface area contributed by atoms with Crippen LogP contribution < -0.4 is 0 Å². The lowest BCUT2D eigenvalue weighted by atomic mass is 10.0. The minimum Gasteiger partial charge on any atom is -0.457 e. The SMILES string of the molecule is CC(=O)O[C@@H]1[C@H](C)[C@@H](C)O[C@H]1n1cc(Br)c2c(C)ncnc21. The number of hydrogen-bond donors (Lipinski definition) is 0. The minimum atomic E-state index is -0.392. The molecule has 1 aliphatic heterocycles. The van der Waals surface area contributed by atoms with Crippen molar-refractivity contribution < 1.29 is 14.3 Å². The highest BCUT2D eigenvalue weighted by Crippen LogP contribution is 2.39. The first kappa shape index (κ1) is 15.4. The zero-order valence-corrected chi connectivity index (χ0v) is 14.5. The van der Waals surface area contributed by atoms with Gasteiger partial charge in [0.1, 0.15) is 12.0 Å². The van der Waals surface area contributed by atoms with Gasteiger partial charge in [-0.1, -0.05) is 6.92 Å². The van der Waals surface area contributed by atoms with Crippen LogP contribution in [0.1, 0.15) is 32.7 Å². The number of carbonyl (C=O) groups is 1. The molecule has 3 heterocycles. The predicted octanol–water partition coefficient (Wildman–Crippen LogP) is 2.99. The summed E-state index contributed by atoms with van der Waals surface area (Å²) in [5, 5.41) is 0.944. The first-order chi connectivity index (χ1) is 10.4.